The molecule has 0 aliphatic carbocycles. The number of rotatable bonds is 3. The summed E-state index contributed by atoms with van der Waals surface area (Å²) in [5.74, 6) is -3.93. The third-order valence-electron chi connectivity index (χ3n) is 3.83. The first kappa shape index (κ1) is 13.7. The van der Waals surface area contributed by atoms with Crippen molar-refractivity contribution in [3.63, 3.8) is 0 Å². The molecule has 0 aromatic rings. The van der Waals surface area contributed by atoms with Gasteiger partial charge < -0.3 is 14.2 Å². The first-order valence-electron chi connectivity index (χ1n) is 6.41. The van der Waals surface area contributed by atoms with E-state index < -0.39 is 53.6 Å². The molecule has 2 bridgehead atoms. The fraction of sp³-hybridized carbons (Fsp3) is 0.538. The molecule has 0 saturated carbocycles. The van der Waals surface area contributed by atoms with Gasteiger partial charge in [0.25, 0.3) is 6.29 Å². The van der Waals surface area contributed by atoms with Crippen LogP contribution in [0.2, 0.25) is 0 Å². The van der Waals surface area contributed by atoms with Crippen molar-refractivity contribution in [1.29, 1.82) is 0 Å². The number of carbonyl (C=O) groups excluding carboxylic acids is 4. The number of carbonyl (C=O) groups is 4. The molecule has 8 nitrogen and oxygen atoms in total. The third kappa shape index (κ3) is 1.86. The lowest BCUT2D eigenvalue weighted by Gasteiger charge is -2.34. The maximum atomic E-state index is 12.0. The van der Waals surface area contributed by atoms with Crippen LogP contribution >= 0.6 is 0 Å². The highest BCUT2D eigenvalue weighted by atomic mass is 16.7. The number of esters is 2. The molecule has 0 aromatic carbocycles. The average molecular weight is 295 g/mol. The zero-order chi connectivity index (χ0) is 15.4. The van der Waals surface area contributed by atoms with Gasteiger partial charge in [-0.15, -0.1) is 0 Å². The van der Waals surface area contributed by atoms with E-state index >= 15 is 0 Å². The van der Waals surface area contributed by atoms with Crippen molar-refractivity contribution in [3.8, 4) is 0 Å². The summed E-state index contributed by atoms with van der Waals surface area (Å²) in [4.78, 5) is 46.3. The molecule has 2 fully saturated rings. The molecule has 2 amide bonds. The van der Waals surface area contributed by atoms with Gasteiger partial charge in [0.15, 0.2) is 5.60 Å². The highest BCUT2D eigenvalue weighted by Crippen LogP contribution is 2.52. The number of hydrogen-bond donors (Lipinski definition) is 1. The highest BCUT2D eigenvalue weighted by Gasteiger charge is 2.70. The number of hydrogen-bond acceptors (Lipinski definition) is 7. The van der Waals surface area contributed by atoms with Crippen molar-refractivity contribution >= 4 is 23.8 Å². The van der Waals surface area contributed by atoms with Gasteiger partial charge in [-0.3, -0.25) is 24.5 Å². The van der Waals surface area contributed by atoms with Crippen LogP contribution in [0.25, 0.3) is 0 Å². The Hall–Kier alpha value is -2.22. The SMILES string of the molecule is CC(=O)OC(OC(C)=O)[C@@]12C=C[C@@H](O1)[C@@H]1C(=O)NC(=O)[C@H]12. The van der Waals surface area contributed by atoms with E-state index in [1.165, 1.54) is 6.08 Å². The first-order chi connectivity index (χ1) is 9.85. The first-order valence-corrected chi connectivity index (χ1v) is 6.41. The predicted molar refractivity (Wildman–Crippen MR) is 64.2 cm³/mol. The van der Waals surface area contributed by atoms with Crippen molar-refractivity contribution in [3.05, 3.63) is 12.2 Å². The second kappa shape index (κ2) is 4.39. The van der Waals surface area contributed by atoms with Crippen LogP contribution in [0, 0.1) is 11.8 Å². The Balaban J connectivity index is 1.99. The minimum Gasteiger partial charge on any atom is -0.422 e. The van der Waals surface area contributed by atoms with Crippen molar-refractivity contribution in [2.45, 2.75) is 31.8 Å². The maximum absolute atomic E-state index is 12.0. The van der Waals surface area contributed by atoms with Gasteiger partial charge in [-0.05, 0) is 6.08 Å². The summed E-state index contributed by atoms with van der Waals surface area (Å²) in [7, 11) is 0. The molecule has 0 unspecified atom stereocenters. The van der Waals surface area contributed by atoms with Gasteiger partial charge in [0.05, 0.1) is 17.9 Å². The number of fused-ring (bicyclic) bond motifs is 5. The molecule has 1 N–H and O–H groups in total. The summed E-state index contributed by atoms with van der Waals surface area (Å²) >= 11 is 0. The zero-order valence-electron chi connectivity index (χ0n) is 11.3. The predicted octanol–water partition coefficient (Wildman–Crippen LogP) is -0.965. The number of ether oxygens (including phenoxy) is 3. The number of imide groups is 1. The molecule has 0 spiro atoms. The summed E-state index contributed by atoms with van der Waals surface area (Å²) in [6, 6.07) is 0. The Labute approximate surface area is 119 Å². The van der Waals surface area contributed by atoms with E-state index in [2.05, 4.69) is 5.32 Å². The lowest BCUT2D eigenvalue weighted by atomic mass is 9.76. The lowest BCUT2D eigenvalue weighted by Crippen LogP contribution is -2.52. The normalized spacial score (nSPS) is 35.9. The van der Waals surface area contributed by atoms with Gasteiger partial charge in [0, 0.05) is 13.8 Å². The maximum Gasteiger partial charge on any atom is 0.305 e. The standard InChI is InChI=1S/C13H13NO7/c1-5(15)19-12(20-6(2)16)13-4-3-7(21-13)8-9(13)11(18)14-10(8)17/h3-4,7-9,12H,1-2H3,(H,14,17,18)/t7-,8+,9+,13+/m1/s1. The zero-order valence-corrected chi connectivity index (χ0v) is 11.3. The van der Waals surface area contributed by atoms with Crippen LogP contribution in [-0.2, 0) is 33.4 Å². The minimum absolute atomic E-state index is 0.439. The molecular weight excluding hydrogens is 282 g/mol. The Morgan fingerprint density at radius 2 is 1.86 bits per heavy atom. The van der Waals surface area contributed by atoms with Crippen LogP contribution in [-0.4, -0.2) is 41.7 Å². The van der Waals surface area contributed by atoms with E-state index in [1.807, 2.05) is 0 Å². The highest BCUT2D eigenvalue weighted by molar-refractivity contribution is 6.07. The van der Waals surface area contributed by atoms with E-state index in [-0.39, 0.29) is 0 Å². The molecule has 4 atom stereocenters. The molecule has 3 aliphatic heterocycles. The molecular formula is C13H13NO7. The van der Waals surface area contributed by atoms with Gasteiger partial charge in [0.2, 0.25) is 11.8 Å². The average Bonchev–Trinajstić information content (AvgIpc) is 3.00. The second-order valence-corrected chi connectivity index (χ2v) is 5.20. The number of amides is 2. The van der Waals surface area contributed by atoms with Crippen molar-refractivity contribution in [1.82, 2.24) is 5.32 Å². The van der Waals surface area contributed by atoms with Crippen LogP contribution < -0.4 is 5.32 Å². The summed E-state index contributed by atoms with van der Waals surface area (Å²) < 4.78 is 15.7. The molecule has 0 radical (unpaired) electrons. The second-order valence-electron chi connectivity index (χ2n) is 5.20. The van der Waals surface area contributed by atoms with Gasteiger partial charge in [-0.25, -0.2) is 0 Å². The fourth-order valence-electron chi connectivity index (χ4n) is 3.14. The summed E-state index contributed by atoms with van der Waals surface area (Å²) in [6.07, 6.45) is 1.11. The quantitative estimate of drug-likeness (QED) is 0.309. The van der Waals surface area contributed by atoms with Crippen molar-refractivity contribution < 1.29 is 33.4 Å². The Morgan fingerprint density at radius 1 is 1.24 bits per heavy atom. The molecule has 8 heteroatoms. The van der Waals surface area contributed by atoms with E-state index in [4.69, 9.17) is 14.2 Å². The van der Waals surface area contributed by atoms with Crippen molar-refractivity contribution in [2.75, 3.05) is 0 Å². The van der Waals surface area contributed by atoms with Crippen LogP contribution in [0.4, 0.5) is 0 Å². The Morgan fingerprint density at radius 3 is 2.43 bits per heavy atom. The van der Waals surface area contributed by atoms with Gasteiger partial charge in [-0.1, -0.05) is 6.08 Å². The molecule has 112 valence electrons. The number of nitrogens with one attached hydrogen (secondary N) is 1. The van der Waals surface area contributed by atoms with E-state index in [9.17, 15) is 19.2 Å². The summed E-state index contributed by atoms with van der Waals surface area (Å²) in [6.45, 7) is 2.30. The van der Waals surface area contributed by atoms with Crippen LogP contribution in [0.1, 0.15) is 13.8 Å². The van der Waals surface area contributed by atoms with Crippen LogP contribution in [0.15, 0.2) is 12.2 Å². The van der Waals surface area contributed by atoms with E-state index in [1.54, 1.807) is 6.08 Å². The minimum atomic E-state index is -1.46. The molecule has 3 rings (SSSR count). The summed E-state index contributed by atoms with van der Waals surface area (Å²) in [5.41, 5.74) is -1.46. The molecule has 21 heavy (non-hydrogen) atoms. The molecule has 3 heterocycles. The van der Waals surface area contributed by atoms with Crippen molar-refractivity contribution in [2.24, 2.45) is 11.8 Å². The smallest absolute Gasteiger partial charge is 0.305 e. The Kier molecular flexibility index (Phi) is 2.87. The molecule has 0 aromatic heterocycles. The Bertz CT molecular complexity index is 567. The topological polar surface area (TPSA) is 108 Å². The third-order valence-corrected chi connectivity index (χ3v) is 3.83. The largest absolute Gasteiger partial charge is 0.422 e. The van der Waals surface area contributed by atoms with Gasteiger partial charge >= 0.3 is 11.9 Å². The van der Waals surface area contributed by atoms with Gasteiger partial charge in [-0.2, -0.15) is 0 Å². The van der Waals surface area contributed by atoms with Gasteiger partial charge in [0.1, 0.15) is 0 Å². The lowest BCUT2D eigenvalue weighted by molar-refractivity contribution is -0.226. The summed E-state index contributed by atoms with van der Waals surface area (Å²) in [5, 5.41) is 2.23. The molecule has 3 aliphatic rings. The molecule has 2 saturated heterocycles. The van der Waals surface area contributed by atoms with Crippen LogP contribution in [0.3, 0.4) is 0 Å². The monoisotopic (exact) mass is 295 g/mol. The van der Waals surface area contributed by atoms with E-state index in [0.29, 0.717) is 0 Å². The van der Waals surface area contributed by atoms with Crippen LogP contribution in [0.5, 0.6) is 0 Å². The van der Waals surface area contributed by atoms with E-state index in [0.717, 1.165) is 13.8 Å². The fourth-order valence-corrected chi connectivity index (χ4v) is 3.14.